The Bertz CT molecular complexity index is 1340. The highest BCUT2D eigenvalue weighted by molar-refractivity contribution is 6.35. The van der Waals surface area contributed by atoms with Crippen LogP contribution in [0.15, 0.2) is 72.8 Å². The van der Waals surface area contributed by atoms with Crippen LogP contribution in [0.4, 0.5) is 10.2 Å². The van der Waals surface area contributed by atoms with Crippen molar-refractivity contribution in [1.29, 1.82) is 0 Å². The van der Waals surface area contributed by atoms with Crippen LogP contribution in [0, 0.1) is 5.82 Å². The minimum atomic E-state index is -0.759. The fourth-order valence-corrected chi connectivity index (χ4v) is 4.11. The maximum absolute atomic E-state index is 15.1. The quantitative estimate of drug-likeness (QED) is 0.271. The van der Waals surface area contributed by atoms with Crippen LogP contribution >= 0.6 is 23.2 Å². The van der Waals surface area contributed by atoms with Crippen molar-refractivity contribution < 1.29 is 13.9 Å². The van der Waals surface area contributed by atoms with Gasteiger partial charge >= 0.3 is 0 Å². The number of methoxy groups -OCH3 is 1. The molecule has 0 aliphatic carbocycles. The number of anilines is 1. The van der Waals surface area contributed by atoms with Crippen molar-refractivity contribution in [2.24, 2.45) is 5.73 Å². The summed E-state index contributed by atoms with van der Waals surface area (Å²) in [5.41, 5.74) is 8.30. The summed E-state index contributed by atoms with van der Waals surface area (Å²) in [5, 5.41) is 3.34. The van der Waals surface area contributed by atoms with E-state index < -0.39 is 17.9 Å². The van der Waals surface area contributed by atoms with Crippen LogP contribution in [0.3, 0.4) is 0 Å². The van der Waals surface area contributed by atoms with Crippen LogP contribution in [-0.4, -0.2) is 23.4 Å². The first-order valence-electron chi connectivity index (χ1n) is 10.6. The lowest BCUT2D eigenvalue weighted by atomic mass is 9.94. The van der Waals surface area contributed by atoms with Gasteiger partial charge in [0.15, 0.2) is 23.7 Å². The van der Waals surface area contributed by atoms with E-state index in [-0.39, 0.29) is 38.7 Å². The van der Waals surface area contributed by atoms with Gasteiger partial charge in [0.2, 0.25) is 0 Å². The average Bonchev–Trinajstić information content (AvgIpc) is 2.89. The SMILES string of the molecule is COc1c(Cl)ccc(-c2nc(C=O)c(Cl)c(NC(c3ccccc3)C(N)c3ccccc3)n2)c1F. The van der Waals surface area contributed by atoms with Crippen LogP contribution in [0.25, 0.3) is 11.4 Å². The molecule has 0 radical (unpaired) electrons. The van der Waals surface area contributed by atoms with Gasteiger partial charge in [0, 0.05) is 0 Å². The van der Waals surface area contributed by atoms with Gasteiger partial charge in [-0.3, -0.25) is 4.79 Å². The van der Waals surface area contributed by atoms with Crippen LogP contribution in [0.1, 0.15) is 33.7 Å². The van der Waals surface area contributed by atoms with E-state index in [0.29, 0.717) is 6.29 Å². The molecule has 4 aromatic rings. The molecule has 2 atom stereocenters. The molecular formula is C26H21Cl2FN4O2. The molecule has 0 amide bonds. The number of carbonyl (C=O) groups excluding carboxylic acids is 1. The molecule has 2 unspecified atom stereocenters. The summed E-state index contributed by atoms with van der Waals surface area (Å²) in [6.07, 6.45) is 0.485. The third kappa shape index (κ3) is 5.12. The van der Waals surface area contributed by atoms with Gasteiger partial charge in [-0.2, -0.15) is 0 Å². The number of nitrogens with zero attached hydrogens (tertiary/aromatic N) is 2. The summed E-state index contributed by atoms with van der Waals surface area (Å²) in [6, 6.07) is 20.9. The molecule has 6 nitrogen and oxygen atoms in total. The lowest BCUT2D eigenvalue weighted by Gasteiger charge is -2.27. The Morgan fingerprint density at radius 1 is 0.971 bits per heavy atom. The van der Waals surface area contributed by atoms with Gasteiger partial charge in [0.25, 0.3) is 0 Å². The number of ether oxygens (including phenoxy) is 1. The van der Waals surface area contributed by atoms with Gasteiger partial charge in [-0.05, 0) is 23.3 Å². The Kier molecular flexibility index (Phi) is 7.60. The number of aldehydes is 1. The number of halogens is 3. The smallest absolute Gasteiger partial charge is 0.177 e. The van der Waals surface area contributed by atoms with E-state index in [9.17, 15) is 4.79 Å². The molecule has 3 N–H and O–H groups in total. The molecular weight excluding hydrogens is 490 g/mol. The highest BCUT2D eigenvalue weighted by Gasteiger charge is 2.25. The number of benzene rings is 3. The van der Waals surface area contributed by atoms with Crippen LogP contribution in [0.2, 0.25) is 10.0 Å². The van der Waals surface area contributed by atoms with Crippen molar-refractivity contribution in [3.8, 4) is 17.1 Å². The van der Waals surface area contributed by atoms with E-state index in [1.165, 1.54) is 19.2 Å². The maximum Gasteiger partial charge on any atom is 0.177 e. The largest absolute Gasteiger partial charge is 0.492 e. The van der Waals surface area contributed by atoms with Crippen molar-refractivity contribution in [2.45, 2.75) is 12.1 Å². The molecule has 35 heavy (non-hydrogen) atoms. The van der Waals surface area contributed by atoms with Crippen molar-refractivity contribution in [3.63, 3.8) is 0 Å². The fraction of sp³-hybridized carbons (Fsp3) is 0.115. The Morgan fingerprint density at radius 2 is 1.60 bits per heavy atom. The standard InChI is InChI=1S/C26H21Cl2FN4O2/c1-35-24-18(27)13-12-17(21(24)29)25-31-19(14-34)20(28)26(33-25)32-23(16-10-6-3-7-11-16)22(30)15-8-4-2-5-9-15/h2-14,22-23H,30H2,1H3,(H,31,32,33). The predicted octanol–water partition coefficient (Wildman–Crippen LogP) is 6.26. The van der Waals surface area contributed by atoms with Gasteiger partial charge in [-0.25, -0.2) is 14.4 Å². The lowest BCUT2D eigenvalue weighted by molar-refractivity contribution is 0.111. The molecule has 0 bridgehead atoms. The Labute approximate surface area is 211 Å². The van der Waals surface area contributed by atoms with Crippen LogP contribution < -0.4 is 15.8 Å². The summed E-state index contributed by atoms with van der Waals surface area (Å²) in [7, 11) is 1.30. The van der Waals surface area contributed by atoms with Crippen LogP contribution in [-0.2, 0) is 0 Å². The molecule has 3 aromatic carbocycles. The van der Waals surface area contributed by atoms with E-state index in [1.54, 1.807) is 0 Å². The first kappa shape index (κ1) is 24.6. The molecule has 0 spiro atoms. The number of nitrogens with one attached hydrogen (secondary N) is 1. The summed E-state index contributed by atoms with van der Waals surface area (Å²) < 4.78 is 20.2. The Hall–Kier alpha value is -3.52. The molecule has 0 saturated carbocycles. The van der Waals surface area contributed by atoms with Crippen molar-refractivity contribution in [2.75, 3.05) is 12.4 Å². The number of rotatable bonds is 8. The molecule has 0 aliphatic heterocycles. The van der Waals surface area contributed by atoms with E-state index >= 15 is 4.39 Å². The monoisotopic (exact) mass is 510 g/mol. The summed E-state index contributed by atoms with van der Waals surface area (Å²) >= 11 is 12.5. The van der Waals surface area contributed by atoms with E-state index in [2.05, 4.69) is 15.3 Å². The van der Waals surface area contributed by atoms with Gasteiger partial charge in [0.05, 0.1) is 29.8 Å². The fourth-order valence-electron chi connectivity index (χ4n) is 3.71. The van der Waals surface area contributed by atoms with E-state index in [1.807, 2.05) is 60.7 Å². The van der Waals surface area contributed by atoms with Gasteiger partial charge in [0.1, 0.15) is 16.5 Å². The zero-order chi connectivity index (χ0) is 24.9. The molecule has 0 fully saturated rings. The van der Waals surface area contributed by atoms with Crippen LogP contribution in [0.5, 0.6) is 5.75 Å². The van der Waals surface area contributed by atoms with Gasteiger partial charge in [-0.15, -0.1) is 0 Å². The van der Waals surface area contributed by atoms with E-state index in [0.717, 1.165) is 11.1 Å². The molecule has 178 valence electrons. The minimum absolute atomic E-state index is 0.00214. The predicted molar refractivity (Wildman–Crippen MR) is 136 cm³/mol. The van der Waals surface area contributed by atoms with Crippen molar-refractivity contribution in [1.82, 2.24) is 9.97 Å². The normalized spacial score (nSPS) is 12.6. The number of carbonyl (C=O) groups is 1. The molecule has 0 aliphatic rings. The molecule has 1 aromatic heterocycles. The van der Waals surface area contributed by atoms with E-state index in [4.69, 9.17) is 33.7 Å². The average molecular weight is 511 g/mol. The number of aromatic nitrogens is 2. The number of nitrogens with two attached hydrogens (primary N) is 1. The lowest BCUT2D eigenvalue weighted by Crippen LogP contribution is -2.26. The minimum Gasteiger partial charge on any atom is -0.492 e. The molecule has 1 heterocycles. The molecule has 4 rings (SSSR count). The molecule has 9 heteroatoms. The number of hydrogen-bond donors (Lipinski definition) is 2. The third-order valence-corrected chi connectivity index (χ3v) is 6.15. The second-order valence-electron chi connectivity index (χ2n) is 7.62. The van der Waals surface area contributed by atoms with Crippen molar-refractivity contribution >= 4 is 35.3 Å². The second kappa shape index (κ2) is 10.8. The van der Waals surface area contributed by atoms with Gasteiger partial charge < -0.3 is 15.8 Å². The third-order valence-electron chi connectivity index (χ3n) is 5.48. The Morgan fingerprint density at radius 3 is 2.20 bits per heavy atom. The maximum atomic E-state index is 15.1. The highest BCUT2D eigenvalue weighted by atomic mass is 35.5. The Balaban J connectivity index is 1.83. The molecule has 0 saturated heterocycles. The zero-order valence-corrected chi connectivity index (χ0v) is 20.1. The summed E-state index contributed by atoms with van der Waals surface area (Å²) in [6.45, 7) is 0. The summed E-state index contributed by atoms with van der Waals surface area (Å²) in [5.74, 6) is -0.845. The first-order chi connectivity index (χ1) is 16.9. The zero-order valence-electron chi connectivity index (χ0n) is 18.6. The van der Waals surface area contributed by atoms with Gasteiger partial charge in [-0.1, -0.05) is 83.9 Å². The summed E-state index contributed by atoms with van der Waals surface area (Å²) in [4.78, 5) is 20.4. The first-order valence-corrected chi connectivity index (χ1v) is 11.4. The number of hydrogen-bond acceptors (Lipinski definition) is 6. The highest BCUT2D eigenvalue weighted by Crippen LogP contribution is 2.37. The van der Waals surface area contributed by atoms with Crippen molar-refractivity contribution in [3.05, 3.63) is 105 Å². The second-order valence-corrected chi connectivity index (χ2v) is 8.41. The topological polar surface area (TPSA) is 90.1 Å².